The first-order valence-electron chi connectivity index (χ1n) is 14.8. The van der Waals surface area contributed by atoms with Crippen molar-refractivity contribution < 1.29 is 14.3 Å². The zero-order chi connectivity index (χ0) is 30.2. The number of hydrogen-bond donors (Lipinski definition) is 0. The molecule has 6 aromatic carbocycles. The molecule has 1 aliphatic carbocycles. The number of methoxy groups -OCH3 is 1. The molecule has 44 heavy (non-hydrogen) atoms. The molecular formula is C40H29NO3. The first kappa shape index (κ1) is 26.2. The fourth-order valence-electron chi connectivity index (χ4n) is 6.84. The highest BCUT2D eigenvalue weighted by Crippen LogP contribution is 2.53. The van der Waals surface area contributed by atoms with Crippen molar-refractivity contribution in [1.82, 2.24) is 0 Å². The van der Waals surface area contributed by atoms with Crippen LogP contribution in [0.4, 0.5) is 17.1 Å². The predicted molar refractivity (Wildman–Crippen MR) is 178 cm³/mol. The summed E-state index contributed by atoms with van der Waals surface area (Å²) in [5.41, 5.74) is 7.17. The molecule has 0 saturated heterocycles. The van der Waals surface area contributed by atoms with Crippen LogP contribution in [-0.4, -0.2) is 18.7 Å². The number of rotatable bonds is 3. The van der Waals surface area contributed by atoms with Gasteiger partial charge in [-0.15, -0.1) is 0 Å². The highest BCUT2D eigenvalue weighted by Gasteiger charge is 2.38. The zero-order valence-electron chi connectivity index (χ0n) is 24.7. The molecule has 4 nitrogen and oxygen atoms in total. The second-order valence-corrected chi connectivity index (χ2v) is 12.1. The van der Waals surface area contributed by atoms with E-state index in [1.54, 1.807) is 13.2 Å². The molecule has 0 radical (unpaired) electrons. The molecule has 0 unspecified atom stereocenters. The molecule has 1 heterocycles. The van der Waals surface area contributed by atoms with E-state index < -0.39 is 0 Å². The van der Waals surface area contributed by atoms with Crippen molar-refractivity contribution in [3.63, 3.8) is 0 Å². The number of carbonyl (C=O) groups excluding carboxylic acids is 2. The normalized spacial score (nSPS) is 14.9. The van der Waals surface area contributed by atoms with Crippen molar-refractivity contribution in [2.24, 2.45) is 0 Å². The van der Waals surface area contributed by atoms with E-state index in [-0.39, 0.29) is 22.6 Å². The third-order valence-corrected chi connectivity index (χ3v) is 9.22. The van der Waals surface area contributed by atoms with Gasteiger partial charge in [0, 0.05) is 22.2 Å². The zero-order valence-corrected chi connectivity index (χ0v) is 24.7. The van der Waals surface area contributed by atoms with Crippen LogP contribution in [0.5, 0.6) is 5.75 Å². The van der Waals surface area contributed by atoms with Crippen molar-refractivity contribution in [2.45, 2.75) is 19.3 Å². The smallest absolute Gasteiger partial charge is 0.197 e. The van der Waals surface area contributed by atoms with Gasteiger partial charge in [-0.1, -0.05) is 68.4 Å². The van der Waals surface area contributed by atoms with Crippen LogP contribution in [0.25, 0.3) is 27.6 Å². The van der Waals surface area contributed by atoms with E-state index in [2.05, 4.69) is 79.4 Å². The molecule has 0 aromatic heterocycles. The Hall–Kier alpha value is -5.48. The van der Waals surface area contributed by atoms with Crippen LogP contribution in [0, 0.1) is 0 Å². The second kappa shape index (κ2) is 9.51. The van der Waals surface area contributed by atoms with E-state index in [9.17, 15) is 9.59 Å². The lowest BCUT2D eigenvalue weighted by Gasteiger charge is -2.42. The van der Waals surface area contributed by atoms with E-state index in [0.29, 0.717) is 11.1 Å². The second-order valence-electron chi connectivity index (χ2n) is 12.1. The Bertz CT molecular complexity index is 2170. The third-order valence-electron chi connectivity index (χ3n) is 9.22. The van der Waals surface area contributed by atoms with Crippen molar-refractivity contribution >= 4 is 56.2 Å². The predicted octanol–water partition coefficient (Wildman–Crippen LogP) is 9.57. The van der Waals surface area contributed by atoms with Crippen LogP contribution in [-0.2, 0) is 5.41 Å². The average Bonchev–Trinajstić information content (AvgIpc) is 3.27. The Labute approximate surface area is 255 Å². The van der Waals surface area contributed by atoms with E-state index in [4.69, 9.17) is 4.74 Å². The molecule has 0 spiro atoms. The number of nitrogens with zero attached hydrogens (tertiary/aromatic N) is 1. The molecular weight excluding hydrogens is 542 g/mol. The third kappa shape index (κ3) is 3.84. The topological polar surface area (TPSA) is 46.6 Å². The lowest BCUT2D eigenvalue weighted by Crippen LogP contribution is -2.30. The minimum absolute atomic E-state index is 0.210. The average molecular weight is 572 g/mol. The Morgan fingerprint density at radius 1 is 0.614 bits per heavy atom. The molecule has 0 N–H and O–H groups in total. The van der Waals surface area contributed by atoms with Gasteiger partial charge < -0.3 is 9.64 Å². The molecule has 0 saturated carbocycles. The number of anilines is 3. The lowest BCUT2D eigenvalue weighted by molar-refractivity contribution is 0.0990. The van der Waals surface area contributed by atoms with Crippen LogP contribution in [0.2, 0.25) is 0 Å². The summed E-state index contributed by atoms with van der Waals surface area (Å²) in [6.07, 6.45) is 1.76. The number of carbonyl (C=O) groups is 2. The minimum atomic E-state index is -0.351. The van der Waals surface area contributed by atoms with Gasteiger partial charge in [0.25, 0.3) is 0 Å². The highest BCUT2D eigenvalue weighted by molar-refractivity contribution is 6.42. The highest BCUT2D eigenvalue weighted by atomic mass is 16.5. The van der Waals surface area contributed by atoms with E-state index >= 15 is 0 Å². The standard InChI is InChI=1S/C40H29NO3/c1-40(2)34-19-24(18-33-38(42)31-20-25-8-4-5-9-26(25)21-32(31)39(33)43)12-17-36(34)41(29-13-15-30(44-3)16-14-29)37-23-28-11-7-6-10-27(28)22-35(37)40/h4-23H,1-3H3. The maximum absolute atomic E-state index is 13.5. The number of ketones is 2. The molecule has 0 fully saturated rings. The molecule has 6 aromatic rings. The maximum atomic E-state index is 13.5. The van der Waals surface area contributed by atoms with Crippen LogP contribution < -0.4 is 9.64 Å². The summed E-state index contributed by atoms with van der Waals surface area (Å²) in [5.74, 6) is 0.362. The van der Waals surface area contributed by atoms with Gasteiger partial charge in [-0.3, -0.25) is 9.59 Å². The number of allylic oxidation sites excluding steroid dienone is 1. The van der Waals surface area contributed by atoms with Gasteiger partial charge in [-0.2, -0.15) is 0 Å². The number of Topliss-reactive ketones (excluding diaryl/α,β-unsaturated/α-hetero) is 2. The molecule has 0 atom stereocenters. The molecule has 212 valence electrons. The van der Waals surface area contributed by atoms with Crippen LogP contribution in [0.1, 0.15) is 51.3 Å². The van der Waals surface area contributed by atoms with Crippen molar-refractivity contribution in [3.05, 3.63) is 149 Å². The van der Waals surface area contributed by atoms with Crippen LogP contribution >= 0.6 is 0 Å². The van der Waals surface area contributed by atoms with Crippen molar-refractivity contribution in [1.29, 1.82) is 0 Å². The molecule has 0 amide bonds. The van der Waals surface area contributed by atoms with Gasteiger partial charge in [0.2, 0.25) is 0 Å². The van der Waals surface area contributed by atoms with Crippen LogP contribution in [0.3, 0.4) is 0 Å². The monoisotopic (exact) mass is 571 g/mol. The first-order valence-corrected chi connectivity index (χ1v) is 14.8. The molecule has 0 bridgehead atoms. The maximum Gasteiger partial charge on any atom is 0.197 e. The summed E-state index contributed by atoms with van der Waals surface area (Å²) in [7, 11) is 1.67. The Balaban J connectivity index is 1.29. The quantitative estimate of drug-likeness (QED) is 0.157. The molecule has 4 heteroatoms. The van der Waals surface area contributed by atoms with Gasteiger partial charge in [0.05, 0.1) is 24.1 Å². The van der Waals surface area contributed by atoms with Gasteiger partial charge in [-0.25, -0.2) is 0 Å². The van der Waals surface area contributed by atoms with E-state index in [1.807, 2.05) is 54.6 Å². The summed E-state index contributed by atoms with van der Waals surface area (Å²) < 4.78 is 5.45. The number of hydrogen-bond acceptors (Lipinski definition) is 4. The summed E-state index contributed by atoms with van der Waals surface area (Å²) in [4.78, 5) is 29.4. The Morgan fingerprint density at radius 3 is 1.75 bits per heavy atom. The van der Waals surface area contributed by atoms with Crippen LogP contribution in [0.15, 0.2) is 121 Å². The van der Waals surface area contributed by atoms with Crippen molar-refractivity contribution in [3.8, 4) is 5.75 Å². The number of ether oxygens (including phenoxy) is 1. The van der Waals surface area contributed by atoms with Gasteiger partial charge in [0.1, 0.15) is 5.75 Å². The molecule has 8 rings (SSSR count). The summed E-state index contributed by atoms with van der Waals surface area (Å²) in [6, 6.07) is 38.9. The number of fused-ring (bicyclic) bond motifs is 5. The van der Waals surface area contributed by atoms with E-state index in [0.717, 1.165) is 44.7 Å². The van der Waals surface area contributed by atoms with Gasteiger partial charge >= 0.3 is 0 Å². The Kier molecular flexibility index (Phi) is 5.66. The first-order chi connectivity index (χ1) is 21.3. The summed E-state index contributed by atoms with van der Waals surface area (Å²) in [6.45, 7) is 4.49. The largest absolute Gasteiger partial charge is 0.497 e. The van der Waals surface area contributed by atoms with Crippen molar-refractivity contribution in [2.75, 3.05) is 12.0 Å². The fourth-order valence-corrected chi connectivity index (χ4v) is 6.84. The SMILES string of the molecule is COc1ccc(N2c3ccc(C=C4C(=O)c5cc6ccccc6cc5C4=O)cc3C(C)(C)c3cc4ccccc4cc32)cc1. The minimum Gasteiger partial charge on any atom is -0.497 e. The summed E-state index contributed by atoms with van der Waals surface area (Å²) >= 11 is 0. The number of benzene rings is 6. The molecule has 1 aliphatic heterocycles. The summed E-state index contributed by atoms with van der Waals surface area (Å²) in [5, 5.41) is 4.27. The Morgan fingerprint density at radius 2 is 1.16 bits per heavy atom. The molecule has 2 aliphatic rings. The fraction of sp³-hybridized carbons (Fsp3) is 0.100. The van der Waals surface area contributed by atoms with E-state index in [1.165, 1.54) is 16.3 Å². The lowest BCUT2D eigenvalue weighted by atomic mass is 9.72. The van der Waals surface area contributed by atoms with Gasteiger partial charge in [-0.05, 0) is 105 Å². The van der Waals surface area contributed by atoms with Gasteiger partial charge in [0.15, 0.2) is 11.6 Å².